The van der Waals surface area contributed by atoms with Gasteiger partial charge in [-0.05, 0) is 48.0 Å². The Morgan fingerprint density at radius 2 is 1.48 bits per heavy atom. The van der Waals surface area contributed by atoms with Crippen LogP contribution in [-0.4, -0.2) is 54.3 Å². The summed E-state index contributed by atoms with van der Waals surface area (Å²) in [4.78, 5) is 46.8. The third-order valence-electron chi connectivity index (χ3n) is 2.76. The molecule has 0 radical (unpaired) electrons. The molecule has 0 aromatic rings. The Bertz CT molecular complexity index is 533. The highest BCUT2D eigenvalue weighted by Crippen LogP contribution is 2.13. The molecule has 0 unspecified atom stereocenters. The van der Waals surface area contributed by atoms with Crippen molar-refractivity contribution >= 4 is 23.9 Å². The quantitative estimate of drug-likeness (QED) is 0.369. The number of ether oxygens (including phenoxy) is 3. The molecule has 0 bridgehead atoms. The van der Waals surface area contributed by atoms with E-state index in [9.17, 15) is 19.2 Å². The van der Waals surface area contributed by atoms with Gasteiger partial charge in [-0.3, -0.25) is 9.59 Å². The first-order chi connectivity index (χ1) is 12.2. The fourth-order valence-corrected chi connectivity index (χ4v) is 1.80. The molecule has 0 rings (SSSR count). The van der Waals surface area contributed by atoms with Crippen molar-refractivity contribution in [1.82, 2.24) is 10.6 Å². The smallest absolute Gasteiger partial charge is 0.408 e. The summed E-state index contributed by atoms with van der Waals surface area (Å²) in [6.45, 7) is 11.8. The van der Waals surface area contributed by atoms with Crippen molar-refractivity contribution in [1.29, 1.82) is 0 Å². The lowest BCUT2D eigenvalue weighted by atomic mass is 10.1. The number of nitrogens with one attached hydrogen (secondary N) is 2. The van der Waals surface area contributed by atoms with Gasteiger partial charge in [-0.2, -0.15) is 0 Å². The second-order valence-corrected chi connectivity index (χ2v) is 7.97. The molecular weight excluding hydrogens is 356 g/mol. The maximum atomic E-state index is 12.3. The number of hydrogen-bond donors (Lipinski definition) is 2. The number of carbonyl (C=O) groups excluding carboxylic acids is 4. The van der Waals surface area contributed by atoms with Crippen molar-refractivity contribution in [2.45, 2.75) is 78.6 Å². The highest BCUT2D eigenvalue weighted by Gasteiger charge is 2.29. The maximum Gasteiger partial charge on any atom is 0.408 e. The van der Waals surface area contributed by atoms with Crippen LogP contribution in [0, 0.1) is 0 Å². The first-order valence-corrected chi connectivity index (χ1v) is 8.82. The van der Waals surface area contributed by atoms with Gasteiger partial charge in [0.05, 0.1) is 6.54 Å². The lowest BCUT2D eigenvalue weighted by molar-refractivity contribution is -0.158. The van der Waals surface area contributed by atoms with Crippen molar-refractivity contribution in [3.8, 4) is 0 Å². The van der Waals surface area contributed by atoms with Crippen LogP contribution in [0.2, 0.25) is 0 Å². The van der Waals surface area contributed by atoms with Crippen molar-refractivity contribution in [3.05, 3.63) is 0 Å². The molecule has 0 aromatic heterocycles. The van der Waals surface area contributed by atoms with Crippen LogP contribution >= 0.6 is 0 Å². The van der Waals surface area contributed by atoms with E-state index in [1.54, 1.807) is 41.5 Å². The number of rotatable bonds is 8. The maximum absolute atomic E-state index is 12.3. The molecule has 0 spiro atoms. The molecule has 1 atom stereocenters. The van der Waals surface area contributed by atoms with Crippen molar-refractivity contribution < 1.29 is 33.4 Å². The van der Waals surface area contributed by atoms with Crippen LogP contribution in [0.1, 0.15) is 61.3 Å². The minimum absolute atomic E-state index is 0.00682. The zero-order valence-electron chi connectivity index (χ0n) is 17.3. The molecule has 0 aliphatic rings. The van der Waals surface area contributed by atoms with Gasteiger partial charge >= 0.3 is 18.0 Å². The first-order valence-electron chi connectivity index (χ1n) is 8.82. The van der Waals surface area contributed by atoms with E-state index in [-0.39, 0.29) is 31.9 Å². The SMILES string of the molecule is CC(=O)NCCOC(=O)CC[C@H](NC(=O)OC(C)(C)C)C(=O)OC(C)(C)C. The number of carbonyl (C=O) groups is 4. The summed E-state index contributed by atoms with van der Waals surface area (Å²) in [7, 11) is 0. The molecule has 0 fully saturated rings. The average Bonchev–Trinajstić information content (AvgIpc) is 2.43. The molecule has 0 aliphatic carbocycles. The summed E-state index contributed by atoms with van der Waals surface area (Å²) < 4.78 is 15.4. The van der Waals surface area contributed by atoms with E-state index in [1.165, 1.54) is 6.92 Å². The fourth-order valence-electron chi connectivity index (χ4n) is 1.80. The number of esters is 2. The van der Waals surface area contributed by atoms with Gasteiger partial charge in [-0.25, -0.2) is 9.59 Å². The number of hydrogen-bond acceptors (Lipinski definition) is 7. The van der Waals surface area contributed by atoms with E-state index >= 15 is 0 Å². The van der Waals surface area contributed by atoms with Gasteiger partial charge in [0.15, 0.2) is 0 Å². The zero-order valence-corrected chi connectivity index (χ0v) is 17.3. The molecule has 27 heavy (non-hydrogen) atoms. The van der Waals surface area contributed by atoms with Gasteiger partial charge < -0.3 is 24.8 Å². The Kier molecular flexibility index (Phi) is 9.82. The van der Waals surface area contributed by atoms with Crippen LogP contribution in [-0.2, 0) is 28.6 Å². The summed E-state index contributed by atoms with van der Waals surface area (Å²) in [6, 6.07) is -1.05. The van der Waals surface area contributed by atoms with Gasteiger partial charge in [0, 0.05) is 13.3 Å². The van der Waals surface area contributed by atoms with Crippen molar-refractivity contribution in [2.75, 3.05) is 13.2 Å². The fraction of sp³-hybridized carbons (Fsp3) is 0.778. The summed E-state index contributed by atoms with van der Waals surface area (Å²) in [6.07, 6.45) is -0.898. The molecule has 9 heteroatoms. The molecule has 0 heterocycles. The molecule has 9 nitrogen and oxygen atoms in total. The molecule has 0 saturated heterocycles. The second kappa shape index (κ2) is 10.7. The molecule has 156 valence electrons. The number of alkyl carbamates (subject to hydrolysis) is 1. The molecule has 2 N–H and O–H groups in total. The average molecular weight is 388 g/mol. The van der Waals surface area contributed by atoms with Crippen LogP contribution in [0.5, 0.6) is 0 Å². The van der Waals surface area contributed by atoms with Gasteiger partial charge in [0.25, 0.3) is 0 Å². The number of amides is 2. The monoisotopic (exact) mass is 388 g/mol. The van der Waals surface area contributed by atoms with Crippen LogP contribution in [0.4, 0.5) is 4.79 Å². The van der Waals surface area contributed by atoms with E-state index in [0.717, 1.165) is 0 Å². The topological polar surface area (TPSA) is 120 Å². The van der Waals surface area contributed by atoms with E-state index in [0.29, 0.717) is 0 Å². The highest BCUT2D eigenvalue weighted by atomic mass is 16.6. The largest absolute Gasteiger partial charge is 0.464 e. The van der Waals surface area contributed by atoms with E-state index < -0.39 is 35.3 Å². The Labute approximate surface area is 160 Å². The van der Waals surface area contributed by atoms with Gasteiger partial charge in [0.1, 0.15) is 23.9 Å². The molecule has 0 aliphatic heterocycles. The molecule has 2 amide bonds. The summed E-state index contributed by atoms with van der Waals surface area (Å²) in [5.41, 5.74) is -1.48. The van der Waals surface area contributed by atoms with Gasteiger partial charge in [-0.1, -0.05) is 0 Å². The van der Waals surface area contributed by atoms with E-state index in [1.807, 2.05) is 0 Å². The van der Waals surface area contributed by atoms with Crippen molar-refractivity contribution in [3.63, 3.8) is 0 Å². The van der Waals surface area contributed by atoms with Crippen LogP contribution in [0.25, 0.3) is 0 Å². The summed E-state index contributed by atoms with van der Waals surface area (Å²) >= 11 is 0. The van der Waals surface area contributed by atoms with Gasteiger partial charge in [-0.15, -0.1) is 0 Å². The highest BCUT2D eigenvalue weighted by molar-refractivity contribution is 5.82. The standard InChI is InChI=1S/C18H32N2O7/c1-12(21)19-10-11-25-14(22)9-8-13(15(23)26-17(2,3)4)20-16(24)27-18(5,6)7/h13H,8-11H2,1-7H3,(H,19,21)(H,20,24)/t13-/m0/s1. The normalized spacial score (nSPS) is 12.6. The predicted molar refractivity (Wildman–Crippen MR) is 97.9 cm³/mol. The Morgan fingerprint density at radius 3 is 1.96 bits per heavy atom. The minimum Gasteiger partial charge on any atom is -0.464 e. The lowest BCUT2D eigenvalue weighted by Crippen LogP contribution is -2.46. The Morgan fingerprint density at radius 1 is 0.926 bits per heavy atom. The summed E-state index contributed by atoms with van der Waals surface area (Å²) in [5, 5.41) is 4.93. The molecule has 0 aromatic carbocycles. The molecular formula is C18H32N2O7. The van der Waals surface area contributed by atoms with E-state index in [4.69, 9.17) is 14.2 Å². The second-order valence-electron chi connectivity index (χ2n) is 7.97. The lowest BCUT2D eigenvalue weighted by Gasteiger charge is -2.26. The van der Waals surface area contributed by atoms with Crippen LogP contribution < -0.4 is 10.6 Å². The van der Waals surface area contributed by atoms with Crippen molar-refractivity contribution in [2.24, 2.45) is 0 Å². The predicted octanol–water partition coefficient (Wildman–Crippen LogP) is 1.68. The van der Waals surface area contributed by atoms with Crippen LogP contribution in [0.15, 0.2) is 0 Å². The third-order valence-corrected chi connectivity index (χ3v) is 2.76. The van der Waals surface area contributed by atoms with Gasteiger partial charge in [0.2, 0.25) is 5.91 Å². The first kappa shape index (κ1) is 24.7. The van der Waals surface area contributed by atoms with Crippen LogP contribution in [0.3, 0.4) is 0 Å². The molecule has 0 saturated carbocycles. The third kappa shape index (κ3) is 14.5. The van der Waals surface area contributed by atoms with E-state index in [2.05, 4.69) is 10.6 Å². The minimum atomic E-state index is -1.05. The summed E-state index contributed by atoms with van der Waals surface area (Å²) in [5.74, 6) is -1.45. The Balaban J connectivity index is 4.70. The Hall–Kier alpha value is -2.32. The zero-order chi connectivity index (χ0) is 21.3.